The molecule has 0 saturated carbocycles. The second-order valence-electron chi connectivity index (χ2n) is 6.70. The molecule has 0 aliphatic carbocycles. The smallest absolute Gasteiger partial charge is 0.250 e. The minimum absolute atomic E-state index is 0.151. The minimum Gasteiger partial charge on any atom is -0.493 e. The Morgan fingerprint density at radius 3 is 2.40 bits per heavy atom. The molecule has 3 rings (SSSR count). The first kappa shape index (κ1) is 22.5. The highest BCUT2D eigenvalue weighted by molar-refractivity contribution is 7.91. The van der Waals surface area contributed by atoms with E-state index in [1.807, 2.05) is 49.4 Å². The van der Waals surface area contributed by atoms with E-state index in [9.17, 15) is 13.2 Å². The fraction of sp³-hybridized carbons (Fsp3) is 0.227. The van der Waals surface area contributed by atoms with E-state index in [4.69, 9.17) is 16.3 Å². The van der Waals surface area contributed by atoms with Gasteiger partial charge in [-0.15, -0.1) is 11.3 Å². The van der Waals surface area contributed by atoms with Crippen LogP contribution in [0.3, 0.4) is 0 Å². The lowest BCUT2D eigenvalue weighted by atomic mass is 10.00. The molecule has 0 fully saturated rings. The van der Waals surface area contributed by atoms with Crippen LogP contribution in [-0.4, -0.2) is 27.4 Å². The highest BCUT2D eigenvalue weighted by Gasteiger charge is 2.27. The van der Waals surface area contributed by atoms with Gasteiger partial charge in [0.1, 0.15) is 16.2 Å². The van der Waals surface area contributed by atoms with Crippen LogP contribution >= 0.6 is 22.9 Å². The molecule has 2 unspecified atom stereocenters. The van der Waals surface area contributed by atoms with Crippen LogP contribution in [0.2, 0.25) is 5.02 Å². The van der Waals surface area contributed by atoms with Crippen LogP contribution in [0.15, 0.2) is 70.9 Å². The minimum atomic E-state index is -3.85. The summed E-state index contributed by atoms with van der Waals surface area (Å²) in [7, 11) is -3.85. The molecule has 5 nitrogen and oxygen atoms in total. The van der Waals surface area contributed by atoms with Gasteiger partial charge in [0.2, 0.25) is 0 Å². The Bertz CT molecular complexity index is 1070. The average Bonchev–Trinajstić information content (AvgIpc) is 3.26. The summed E-state index contributed by atoms with van der Waals surface area (Å²) in [6.45, 7) is 2.13. The van der Waals surface area contributed by atoms with Crippen LogP contribution in [0.5, 0.6) is 5.75 Å². The molecule has 30 heavy (non-hydrogen) atoms. The van der Waals surface area contributed by atoms with E-state index in [1.165, 1.54) is 0 Å². The van der Waals surface area contributed by atoms with Gasteiger partial charge in [-0.05, 0) is 48.4 Å². The predicted molar refractivity (Wildman–Crippen MR) is 121 cm³/mol. The lowest BCUT2D eigenvalue weighted by Gasteiger charge is -2.22. The zero-order chi connectivity index (χ0) is 21.6. The van der Waals surface area contributed by atoms with Gasteiger partial charge in [0.15, 0.2) is 0 Å². The van der Waals surface area contributed by atoms with Crippen LogP contribution in [0.4, 0.5) is 0 Å². The molecule has 0 amide bonds. The number of hydrogen-bond donors (Lipinski definition) is 1. The normalized spacial score (nSPS) is 13.5. The molecular weight excluding hydrogens is 442 g/mol. The van der Waals surface area contributed by atoms with Crippen molar-refractivity contribution >= 4 is 39.2 Å². The van der Waals surface area contributed by atoms with Gasteiger partial charge >= 0.3 is 0 Å². The largest absolute Gasteiger partial charge is 0.493 e. The SMILES string of the molecule is CCC(COc1ccccc1)C(C=O)NS(=O)(=O)c1ccc(-c2ccc(Cl)cc2)s1. The van der Waals surface area contributed by atoms with Crippen LogP contribution < -0.4 is 9.46 Å². The number of hydrogen-bond acceptors (Lipinski definition) is 5. The molecule has 8 heteroatoms. The maximum absolute atomic E-state index is 12.9. The van der Waals surface area contributed by atoms with Crippen molar-refractivity contribution in [2.75, 3.05) is 6.61 Å². The highest BCUT2D eigenvalue weighted by atomic mass is 35.5. The Kier molecular flexibility index (Phi) is 7.66. The molecule has 2 atom stereocenters. The van der Waals surface area contributed by atoms with Gasteiger partial charge in [-0.2, -0.15) is 4.72 Å². The molecule has 1 aromatic heterocycles. The topological polar surface area (TPSA) is 72.5 Å². The second-order valence-corrected chi connectivity index (χ2v) is 10.2. The number of benzene rings is 2. The number of ether oxygens (including phenoxy) is 1. The highest BCUT2D eigenvalue weighted by Crippen LogP contribution is 2.31. The van der Waals surface area contributed by atoms with E-state index < -0.39 is 16.1 Å². The number of halogens is 1. The van der Waals surface area contributed by atoms with Crippen molar-refractivity contribution in [1.29, 1.82) is 0 Å². The van der Waals surface area contributed by atoms with Gasteiger partial charge in [-0.25, -0.2) is 8.42 Å². The van der Waals surface area contributed by atoms with E-state index in [-0.39, 0.29) is 16.7 Å². The van der Waals surface area contributed by atoms with Crippen LogP contribution in [0.25, 0.3) is 10.4 Å². The van der Waals surface area contributed by atoms with Gasteiger partial charge in [-0.3, -0.25) is 0 Å². The summed E-state index contributed by atoms with van der Waals surface area (Å²) in [5.41, 5.74) is 0.875. The molecule has 1 N–H and O–H groups in total. The molecular formula is C22H22ClNO4S2. The molecule has 0 radical (unpaired) electrons. The van der Waals surface area contributed by atoms with Gasteiger partial charge < -0.3 is 9.53 Å². The molecule has 0 spiro atoms. The van der Waals surface area contributed by atoms with E-state index in [0.717, 1.165) is 21.8 Å². The van der Waals surface area contributed by atoms with Gasteiger partial charge in [0.05, 0.1) is 12.6 Å². The van der Waals surface area contributed by atoms with Crippen molar-refractivity contribution in [3.05, 3.63) is 71.8 Å². The first-order valence-electron chi connectivity index (χ1n) is 9.44. The molecule has 0 bridgehead atoms. The number of carbonyl (C=O) groups is 1. The van der Waals surface area contributed by atoms with E-state index in [1.54, 1.807) is 24.3 Å². The number of rotatable bonds is 10. The van der Waals surface area contributed by atoms with E-state index >= 15 is 0 Å². The summed E-state index contributed by atoms with van der Waals surface area (Å²) in [5.74, 6) is 0.377. The lowest BCUT2D eigenvalue weighted by molar-refractivity contribution is -0.110. The zero-order valence-corrected chi connectivity index (χ0v) is 18.7. The summed E-state index contributed by atoms with van der Waals surface area (Å²) in [6, 6.07) is 18.8. The third kappa shape index (κ3) is 5.70. The zero-order valence-electron chi connectivity index (χ0n) is 16.3. The summed E-state index contributed by atoms with van der Waals surface area (Å²) in [4.78, 5) is 12.5. The standard InChI is InChI=1S/C22H22ClNO4S2/c1-2-16(15-28-19-6-4-3-5-7-19)20(14-25)24-30(26,27)22-13-12-21(29-22)17-8-10-18(23)11-9-17/h3-14,16,20,24H,2,15H2,1H3. The first-order chi connectivity index (χ1) is 14.4. The maximum Gasteiger partial charge on any atom is 0.250 e. The van der Waals surface area contributed by atoms with Gasteiger partial charge in [0, 0.05) is 15.8 Å². The third-order valence-electron chi connectivity index (χ3n) is 4.65. The van der Waals surface area contributed by atoms with Crippen LogP contribution in [0, 0.1) is 5.92 Å². The van der Waals surface area contributed by atoms with Crippen molar-refractivity contribution in [1.82, 2.24) is 4.72 Å². The van der Waals surface area contributed by atoms with Crippen molar-refractivity contribution in [3.63, 3.8) is 0 Å². The average molecular weight is 464 g/mol. The fourth-order valence-electron chi connectivity index (χ4n) is 2.90. The quantitative estimate of drug-likeness (QED) is 0.428. The molecule has 0 aliphatic rings. The third-order valence-corrected chi connectivity index (χ3v) is 7.99. The number of sulfonamides is 1. The fourth-order valence-corrected chi connectivity index (χ4v) is 5.59. The Morgan fingerprint density at radius 1 is 1.07 bits per heavy atom. The Hall–Kier alpha value is -2.19. The number of carbonyl (C=O) groups excluding carboxylic acids is 1. The summed E-state index contributed by atoms with van der Waals surface area (Å²) in [5, 5.41) is 0.613. The second kappa shape index (κ2) is 10.2. The van der Waals surface area contributed by atoms with Crippen LogP contribution in [0.1, 0.15) is 13.3 Å². The summed E-state index contributed by atoms with van der Waals surface area (Å²) in [6.07, 6.45) is 1.22. The molecule has 2 aromatic carbocycles. The van der Waals surface area contributed by atoms with Crippen molar-refractivity contribution in [2.45, 2.75) is 23.6 Å². The Balaban J connectivity index is 1.71. The van der Waals surface area contributed by atoms with Crippen molar-refractivity contribution in [2.24, 2.45) is 5.92 Å². The predicted octanol–water partition coefficient (Wildman–Crippen LogP) is 5.02. The van der Waals surface area contributed by atoms with Crippen molar-refractivity contribution in [3.8, 4) is 16.2 Å². The Labute approximate surface area is 185 Å². The number of aldehydes is 1. The molecule has 3 aromatic rings. The maximum atomic E-state index is 12.9. The first-order valence-corrected chi connectivity index (χ1v) is 12.1. The molecule has 0 aliphatic heterocycles. The van der Waals surface area contributed by atoms with Gasteiger partial charge in [-0.1, -0.05) is 48.9 Å². The Morgan fingerprint density at radius 2 is 1.77 bits per heavy atom. The number of para-hydroxylation sites is 1. The van der Waals surface area contributed by atoms with E-state index in [2.05, 4.69) is 4.72 Å². The lowest BCUT2D eigenvalue weighted by Crippen LogP contribution is -2.43. The number of thiophene rings is 1. The van der Waals surface area contributed by atoms with Gasteiger partial charge in [0.25, 0.3) is 10.0 Å². The number of nitrogens with one attached hydrogen (secondary N) is 1. The van der Waals surface area contributed by atoms with E-state index in [0.29, 0.717) is 23.5 Å². The summed E-state index contributed by atoms with van der Waals surface area (Å²) < 4.78 is 34.2. The molecule has 158 valence electrons. The molecule has 0 saturated heterocycles. The summed E-state index contributed by atoms with van der Waals surface area (Å²) >= 11 is 7.05. The monoisotopic (exact) mass is 463 g/mol. The van der Waals surface area contributed by atoms with Crippen LogP contribution in [-0.2, 0) is 14.8 Å². The van der Waals surface area contributed by atoms with Crippen molar-refractivity contribution < 1.29 is 17.9 Å². The molecule has 1 heterocycles.